The third-order valence-corrected chi connectivity index (χ3v) is 3.71. The lowest BCUT2D eigenvalue weighted by Gasteiger charge is -2.25. The number of amides is 2. The highest BCUT2D eigenvalue weighted by molar-refractivity contribution is 5.97. The van der Waals surface area contributed by atoms with Crippen molar-refractivity contribution < 1.29 is 14.3 Å². The molecule has 2 aromatic carbocycles. The van der Waals surface area contributed by atoms with Crippen LogP contribution in [-0.4, -0.2) is 18.4 Å². The zero-order valence-electron chi connectivity index (χ0n) is 11.9. The zero-order chi connectivity index (χ0) is 15.5. The summed E-state index contributed by atoms with van der Waals surface area (Å²) in [5.41, 5.74) is 7.15. The van der Waals surface area contributed by atoms with Crippen LogP contribution < -0.4 is 15.8 Å². The predicted molar refractivity (Wildman–Crippen MR) is 82.9 cm³/mol. The van der Waals surface area contributed by atoms with Crippen molar-refractivity contribution in [3.63, 3.8) is 0 Å². The van der Waals surface area contributed by atoms with Gasteiger partial charge in [-0.05, 0) is 36.8 Å². The van der Waals surface area contributed by atoms with Gasteiger partial charge in [-0.25, -0.2) is 0 Å². The number of hydrogen-bond donors (Lipinski definition) is 2. The molecule has 1 unspecified atom stereocenters. The average molecular weight is 296 g/mol. The van der Waals surface area contributed by atoms with Crippen molar-refractivity contribution in [3.8, 4) is 5.75 Å². The highest BCUT2D eigenvalue weighted by atomic mass is 16.5. The smallest absolute Gasteiger partial charge is 0.248 e. The number of rotatable bonds is 3. The molecule has 0 spiro atoms. The maximum absolute atomic E-state index is 12.5. The number of anilines is 1. The summed E-state index contributed by atoms with van der Waals surface area (Å²) >= 11 is 0. The van der Waals surface area contributed by atoms with E-state index in [1.807, 2.05) is 24.3 Å². The number of nitrogens with two attached hydrogens (primary N) is 1. The Morgan fingerprint density at radius 3 is 2.55 bits per heavy atom. The molecule has 0 bridgehead atoms. The van der Waals surface area contributed by atoms with Crippen LogP contribution in [0.2, 0.25) is 0 Å². The molecule has 5 heteroatoms. The van der Waals surface area contributed by atoms with Gasteiger partial charge in [0, 0.05) is 16.8 Å². The van der Waals surface area contributed by atoms with E-state index >= 15 is 0 Å². The van der Waals surface area contributed by atoms with Crippen LogP contribution in [0.3, 0.4) is 0 Å². The topological polar surface area (TPSA) is 81.4 Å². The van der Waals surface area contributed by atoms with Crippen LogP contribution in [0, 0.1) is 0 Å². The summed E-state index contributed by atoms with van der Waals surface area (Å²) in [7, 11) is 0. The fourth-order valence-corrected chi connectivity index (χ4v) is 2.56. The molecule has 0 aliphatic carbocycles. The van der Waals surface area contributed by atoms with Crippen molar-refractivity contribution in [2.75, 3.05) is 11.9 Å². The minimum Gasteiger partial charge on any atom is -0.493 e. The summed E-state index contributed by atoms with van der Waals surface area (Å²) in [6.07, 6.45) is 0.641. The van der Waals surface area contributed by atoms with E-state index in [2.05, 4.69) is 5.32 Å². The van der Waals surface area contributed by atoms with Crippen molar-refractivity contribution in [3.05, 3.63) is 59.7 Å². The molecule has 1 heterocycles. The molecule has 0 radical (unpaired) electrons. The monoisotopic (exact) mass is 296 g/mol. The van der Waals surface area contributed by atoms with Crippen molar-refractivity contribution in [2.45, 2.75) is 12.3 Å². The highest BCUT2D eigenvalue weighted by Crippen LogP contribution is 2.34. The molecule has 0 saturated carbocycles. The summed E-state index contributed by atoms with van der Waals surface area (Å²) in [5.74, 6) is -0.0439. The summed E-state index contributed by atoms with van der Waals surface area (Å²) < 4.78 is 5.56. The lowest BCUT2D eigenvalue weighted by molar-refractivity contribution is -0.118. The summed E-state index contributed by atoms with van der Waals surface area (Å²) in [6, 6.07) is 14.1. The lowest BCUT2D eigenvalue weighted by Crippen LogP contribution is -2.26. The van der Waals surface area contributed by atoms with Crippen LogP contribution in [0.4, 0.5) is 5.69 Å². The molecule has 2 aromatic rings. The maximum Gasteiger partial charge on any atom is 0.248 e. The number of nitrogens with one attached hydrogen (secondary N) is 1. The van der Waals surface area contributed by atoms with Gasteiger partial charge < -0.3 is 15.8 Å². The predicted octanol–water partition coefficient (Wildman–Crippen LogP) is 2.29. The van der Waals surface area contributed by atoms with Gasteiger partial charge in [0.2, 0.25) is 11.8 Å². The van der Waals surface area contributed by atoms with Crippen LogP contribution in [0.15, 0.2) is 48.5 Å². The fourth-order valence-electron chi connectivity index (χ4n) is 2.56. The van der Waals surface area contributed by atoms with Gasteiger partial charge in [0.1, 0.15) is 5.75 Å². The standard InChI is InChI=1S/C17H16N2O3/c18-16(20)11-5-7-12(8-6-11)19-17(21)14-9-10-22-15-4-2-1-3-13(14)15/h1-8,14H,9-10H2,(H2,18,20)(H,19,21). The largest absolute Gasteiger partial charge is 0.493 e. The Hall–Kier alpha value is -2.82. The first-order valence-electron chi connectivity index (χ1n) is 7.07. The van der Waals surface area contributed by atoms with Crippen LogP contribution in [0.25, 0.3) is 0 Å². The molecule has 112 valence electrons. The van der Waals surface area contributed by atoms with E-state index in [1.165, 1.54) is 0 Å². The number of carbonyl (C=O) groups is 2. The molecule has 2 amide bonds. The number of fused-ring (bicyclic) bond motifs is 1. The molecule has 3 N–H and O–H groups in total. The van der Waals surface area contributed by atoms with E-state index in [1.54, 1.807) is 24.3 Å². The lowest BCUT2D eigenvalue weighted by atomic mass is 9.92. The third-order valence-electron chi connectivity index (χ3n) is 3.71. The van der Waals surface area contributed by atoms with E-state index in [4.69, 9.17) is 10.5 Å². The molecule has 0 aromatic heterocycles. The molecule has 0 saturated heterocycles. The van der Waals surface area contributed by atoms with Crippen molar-refractivity contribution >= 4 is 17.5 Å². The zero-order valence-corrected chi connectivity index (χ0v) is 11.9. The molecule has 1 aliphatic rings. The third kappa shape index (κ3) is 2.79. The van der Waals surface area contributed by atoms with Crippen LogP contribution in [-0.2, 0) is 4.79 Å². The molecule has 22 heavy (non-hydrogen) atoms. The molecular formula is C17H16N2O3. The van der Waals surface area contributed by atoms with Crippen LogP contribution >= 0.6 is 0 Å². The molecule has 3 rings (SSSR count). The maximum atomic E-state index is 12.5. The first kappa shape index (κ1) is 14.1. The number of para-hydroxylation sites is 1. The minimum atomic E-state index is -0.490. The van der Waals surface area contributed by atoms with Crippen molar-refractivity contribution in [1.29, 1.82) is 0 Å². The van der Waals surface area contributed by atoms with Gasteiger partial charge in [-0.15, -0.1) is 0 Å². The first-order chi connectivity index (χ1) is 10.6. The Kier molecular flexibility index (Phi) is 3.78. The van der Waals surface area contributed by atoms with Gasteiger partial charge in [-0.1, -0.05) is 18.2 Å². The number of ether oxygens (including phenoxy) is 1. The highest BCUT2D eigenvalue weighted by Gasteiger charge is 2.27. The number of carbonyl (C=O) groups excluding carboxylic acids is 2. The Morgan fingerprint density at radius 1 is 1.09 bits per heavy atom. The van der Waals surface area contributed by atoms with Gasteiger partial charge in [0.15, 0.2) is 0 Å². The minimum absolute atomic E-state index is 0.0809. The van der Waals surface area contributed by atoms with E-state index in [9.17, 15) is 9.59 Å². The second-order valence-electron chi connectivity index (χ2n) is 5.16. The molecule has 0 fully saturated rings. The quantitative estimate of drug-likeness (QED) is 0.911. The summed E-state index contributed by atoms with van der Waals surface area (Å²) in [4.78, 5) is 23.5. The summed E-state index contributed by atoms with van der Waals surface area (Å²) in [6.45, 7) is 0.524. The van der Waals surface area contributed by atoms with Crippen LogP contribution in [0.1, 0.15) is 28.3 Å². The van der Waals surface area contributed by atoms with Gasteiger partial charge in [-0.3, -0.25) is 9.59 Å². The molecule has 1 aliphatic heterocycles. The summed E-state index contributed by atoms with van der Waals surface area (Å²) in [5, 5.41) is 2.87. The molecular weight excluding hydrogens is 280 g/mol. The van der Waals surface area contributed by atoms with Crippen molar-refractivity contribution in [2.24, 2.45) is 5.73 Å². The Morgan fingerprint density at radius 2 is 1.82 bits per heavy atom. The average Bonchev–Trinajstić information content (AvgIpc) is 2.54. The number of primary amides is 1. The fraction of sp³-hybridized carbons (Fsp3) is 0.176. The number of benzene rings is 2. The molecule has 1 atom stereocenters. The van der Waals surface area contributed by atoms with Gasteiger partial charge in [0.05, 0.1) is 12.5 Å². The Balaban J connectivity index is 1.76. The van der Waals surface area contributed by atoms with Gasteiger partial charge in [-0.2, -0.15) is 0 Å². The van der Waals surface area contributed by atoms with E-state index in [0.29, 0.717) is 24.3 Å². The van der Waals surface area contributed by atoms with E-state index in [-0.39, 0.29) is 11.8 Å². The van der Waals surface area contributed by atoms with Gasteiger partial charge in [0.25, 0.3) is 0 Å². The second-order valence-corrected chi connectivity index (χ2v) is 5.16. The van der Waals surface area contributed by atoms with E-state index in [0.717, 1.165) is 11.3 Å². The Bertz CT molecular complexity index is 710. The van der Waals surface area contributed by atoms with Crippen LogP contribution in [0.5, 0.6) is 5.75 Å². The second kappa shape index (κ2) is 5.89. The van der Waals surface area contributed by atoms with Gasteiger partial charge >= 0.3 is 0 Å². The number of hydrogen-bond acceptors (Lipinski definition) is 3. The van der Waals surface area contributed by atoms with E-state index < -0.39 is 5.91 Å². The van der Waals surface area contributed by atoms with Crippen molar-refractivity contribution in [1.82, 2.24) is 0 Å². The molecule has 5 nitrogen and oxygen atoms in total. The normalized spacial score (nSPS) is 16.3. The SMILES string of the molecule is NC(=O)c1ccc(NC(=O)C2CCOc3ccccc32)cc1. The first-order valence-corrected chi connectivity index (χ1v) is 7.07. The Labute approximate surface area is 128 Å².